The molecule has 3 aromatic rings. The molecule has 5 atom stereocenters. The van der Waals surface area contributed by atoms with Gasteiger partial charge in [-0.25, -0.2) is 18.4 Å². The number of fused-ring (bicyclic) bond motifs is 5. The number of aromatic nitrogens is 2. The molecule has 3 fully saturated rings. The average molecular weight is 741 g/mol. The number of rotatable bonds is 5. The lowest BCUT2D eigenvalue weighted by atomic mass is 9.87. The number of hydrogen-bond donors (Lipinski definition) is 3. The van der Waals surface area contributed by atoms with Crippen LogP contribution in [-0.4, -0.2) is 75.5 Å². The summed E-state index contributed by atoms with van der Waals surface area (Å²) in [5.74, 6) is -0.578. The summed E-state index contributed by atoms with van der Waals surface area (Å²) in [5, 5.41) is 7.42. The first-order valence-electron chi connectivity index (χ1n) is 18.9. The molecule has 3 N–H and O–H groups in total. The van der Waals surface area contributed by atoms with Gasteiger partial charge in [-0.2, -0.15) is 0 Å². The second kappa shape index (κ2) is 13.1. The number of pyridine rings is 2. The van der Waals surface area contributed by atoms with E-state index in [2.05, 4.69) is 20.3 Å². The summed E-state index contributed by atoms with van der Waals surface area (Å²) < 4.78 is 34.7. The summed E-state index contributed by atoms with van der Waals surface area (Å²) in [4.78, 5) is 54.4. The van der Waals surface area contributed by atoms with E-state index in [0.29, 0.717) is 43.7 Å². The number of sulfonamides is 1. The zero-order valence-electron chi connectivity index (χ0n) is 30.6. The van der Waals surface area contributed by atoms with Crippen molar-refractivity contribution >= 4 is 44.5 Å². The zero-order valence-corrected chi connectivity index (χ0v) is 31.4. The molecule has 1 saturated heterocycles. The van der Waals surface area contributed by atoms with Crippen molar-refractivity contribution < 1.29 is 27.5 Å². The maximum atomic E-state index is 14.8. The summed E-state index contributed by atoms with van der Waals surface area (Å²) in [6.07, 6.45) is 12.2. The number of amides is 3. The molecule has 0 radical (unpaired) electrons. The van der Waals surface area contributed by atoms with Crippen molar-refractivity contribution in [1.82, 2.24) is 24.9 Å². The number of para-hydroxylation sites is 1. The molecule has 5 aliphatic rings. The van der Waals surface area contributed by atoms with Crippen LogP contribution in [0.4, 0.5) is 5.82 Å². The van der Waals surface area contributed by atoms with Crippen molar-refractivity contribution in [3.05, 3.63) is 71.6 Å². The number of benzene rings is 1. The van der Waals surface area contributed by atoms with Crippen molar-refractivity contribution in [2.24, 2.45) is 5.92 Å². The number of aryl methyl sites for hydroxylation is 3. The first-order chi connectivity index (χ1) is 25.3. The summed E-state index contributed by atoms with van der Waals surface area (Å²) in [7, 11) is -3.95. The standard InChI is InChI=1S/C40H48N6O6S/c1-25-16-20-41-33(21-25)43-31-14-8-6-4-5-7-11-27-22-40(27,37(49)45-53(50,51)38(3)18-19-38)44-35(47)32-23-39(24-46(32)36(31)48)17-15-29-28-12-9-10-13-30(28)42-26(2)34(29)52-39/h7,9-13,16,20-21,27,31-32H,4-6,8,14-15,17-19,22-24H2,1-3H3,(H,41,43)(H,44,47)(H,45,49)/t27-,31+,32+,39-,40-/m1/s1. The molecular weight excluding hydrogens is 693 g/mol. The van der Waals surface area contributed by atoms with E-state index < -0.39 is 49.8 Å². The molecule has 3 amide bonds. The first-order valence-corrected chi connectivity index (χ1v) is 20.4. The highest BCUT2D eigenvalue weighted by Crippen LogP contribution is 2.49. The molecule has 0 unspecified atom stereocenters. The molecule has 1 aromatic carbocycles. The van der Waals surface area contributed by atoms with Gasteiger partial charge in [0.05, 0.1) is 22.5 Å². The molecule has 2 saturated carbocycles. The van der Waals surface area contributed by atoms with E-state index in [9.17, 15) is 22.8 Å². The maximum Gasteiger partial charge on any atom is 0.259 e. The van der Waals surface area contributed by atoms with E-state index in [4.69, 9.17) is 9.72 Å². The van der Waals surface area contributed by atoms with Crippen LogP contribution in [0.3, 0.4) is 0 Å². The Morgan fingerprint density at radius 2 is 1.87 bits per heavy atom. The lowest BCUT2D eigenvalue weighted by molar-refractivity contribution is -0.140. The second-order valence-electron chi connectivity index (χ2n) is 16.1. The van der Waals surface area contributed by atoms with Crippen molar-refractivity contribution in [3.63, 3.8) is 0 Å². The Bertz CT molecular complexity index is 2130. The molecule has 280 valence electrons. The van der Waals surface area contributed by atoms with E-state index in [1.165, 1.54) is 0 Å². The smallest absolute Gasteiger partial charge is 0.259 e. The van der Waals surface area contributed by atoms with Crippen LogP contribution in [0.15, 0.2) is 54.7 Å². The number of carbonyl (C=O) groups is 3. The summed E-state index contributed by atoms with van der Waals surface area (Å²) in [5.41, 5.74) is 1.39. The quantitative estimate of drug-likeness (QED) is 0.313. The van der Waals surface area contributed by atoms with Crippen LogP contribution in [0.25, 0.3) is 10.9 Å². The van der Waals surface area contributed by atoms with Crippen molar-refractivity contribution in [2.45, 2.75) is 119 Å². The fraction of sp³-hybridized carbons (Fsp3) is 0.525. The minimum absolute atomic E-state index is 0.171. The minimum Gasteiger partial charge on any atom is -0.483 e. The van der Waals surface area contributed by atoms with Crippen LogP contribution in [-0.2, 0) is 30.8 Å². The SMILES string of the molecule is Cc1ccnc(N[C@H]2CCCCCC=C[C@@H]3C[C@@]3(C(=O)NS(=O)(=O)C3(C)CC3)NC(=O)[C@@H]3C[C@]4(CCc5c(c(C)nc6ccccc56)O4)CN3C2=O)c1. The van der Waals surface area contributed by atoms with Crippen molar-refractivity contribution in [3.8, 4) is 5.75 Å². The number of allylic oxidation sites excluding steroid dienone is 1. The molecule has 1 spiro atoms. The molecule has 3 aliphatic heterocycles. The van der Waals surface area contributed by atoms with E-state index in [-0.39, 0.29) is 31.2 Å². The normalized spacial score (nSPS) is 29.5. The maximum absolute atomic E-state index is 14.8. The molecule has 53 heavy (non-hydrogen) atoms. The molecule has 13 heteroatoms. The van der Waals surface area contributed by atoms with Crippen LogP contribution in [0, 0.1) is 19.8 Å². The Kier molecular flexibility index (Phi) is 8.78. The van der Waals surface area contributed by atoms with Crippen molar-refractivity contribution in [1.29, 1.82) is 0 Å². The number of carbonyl (C=O) groups excluding carboxylic acids is 3. The number of nitrogens with zero attached hydrogens (tertiary/aromatic N) is 3. The highest BCUT2D eigenvalue weighted by atomic mass is 32.2. The first kappa shape index (κ1) is 35.5. The van der Waals surface area contributed by atoms with Crippen LogP contribution in [0.5, 0.6) is 5.75 Å². The van der Waals surface area contributed by atoms with E-state index in [1.54, 1.807) is 18.0 Å². The van der Waals surface area contributed by atoms with Gasteiger partial charge in [0.1, 0.15) is 34.8 Å². The molecule has 5 heterocycles. The lowest BCUT2D eigenvalue weighted by Crippen LogP contribution is -2.58. The van der Waals surface area contributed by atoms with Gasteiger partial charge in [-0.3, -0.25) is 19.1 Å². The van der Waals surface area contributed by atoms with Crippen LogP contribution in [0.2, 0.25) is 0 Å². The molecule has 0 bridgehead atoms. The molecule has 2 aromatic heterocycles. The number of anilines is 1. The molecule has 2 aliphatic carbocycles. The van der Waals surface area contributed by atoms with Crippen LogP contribution >= 0.6 is 0 Å². The van der Waals surface area contributed by atoms with Gasteiger partial charge >= 0.3 is 0 Å². The molecule has 12 nitrogen and oxygen atoms in total. The summed E-state index contributed by atoms with van der Waals surface area (Å²) in [6, 6.07) is 10.1. The van der Waals surface area contributed by atoms with Crippen molar-refractivity contribution in [2.75, 3.05) is 11.9 Å². The third kappa shape index (κ3) is 6.55. The fourth-order valence-corrected chi connectivity index (χ4v) is 9.75. The number of nitrogens with one attached hydrogen (secondary N) is 3. The zero-order chi connectivity index (χ0) is 37.2. The Hall–Kier alpha value is -4.52. The number of ether oxygens (including phenoxy) is 1. The molecular formula is C40H48N6O6S. The number of hydrogen-bond acceptors (Lipinski definition) is 9. The predicted octanol–water partition coefficient (Wildman–Crippen LogP) is 4.79. The van der Waals surface area contributed by atoms with Gasteiger partial charge in [0.15, 0.2) is 0 Å². The van der Waals surface area contributed by atoms with Gasteiger partial charge in [0.25, 0.3) is 5.91 Å². The van der Waals surface area contributed by atoms with Crippen LogP contribution in [0.1, 0.15) is 88.0 Å². The van der Waals surface area contributed by atoms with Gasteiger partial charge in [0.2, 0.25) is 21.8 Å². The van der Waals surface area contributed by atoms with Gasteiger partial charge in [-0.05, 0) is 95.9 Å². The van der Waals surface area contributed by atoms with Crippen LogP contribution < -0.4 is 20.1 Å². The lowest BCUT2D eigenvalue weighted by Gasteiger charge is -2.36. The third-order valence-corrected chi connectivity index (χ3v) is 14.3. The second-order valence-corrected chi connectivity index (χ2v) is 18.3. The van der Waals surface area contributed by atoms with Gasteiger partial charge in [-0.1, -0.05) is 43.2 Å². The third-order valence-electron chi connectivity index (χ3n) is 12.1. The Balaban J connectivity index is 1.15. The van der Waals surface area contributed by atoms with E-state index in [1.807, 2.05) is 62.4 Å². The van der Waals surface area contributed by atoms with Gasteiger partial charge in [0, 0.05) is 29.5 Å². The monoisotopic (exact) mass is 740 g/mol. The van der Waals surface area contributed by atoms with E-state index in [0.717, 1.165) is 53.4 Å². The Labute approximate surface area is 310 Å². The highest BCUT2D eigenvalue weighted by molar-refractivity contribution is 7.91. The Morgan fingerprint density at radius 3 is 2.66 bits per heavy atom. The van der Waals surface area contributed by atoms with E-state index >= 15 is 0 Å². The highest BCUT2D eigenvalue weighted by Gasteiger charge is 2.64. The predicted molar refractivity (Wildman–Crippen MR) is 201 cm³/mol. The average Bonchev–Trinajstić information content (AvgIpc) is 4.02. The Morgan fingerprint density at radius 1 is 1.06 bits per heavy atom. The summed E-state index contributed by atoms with van der Waals surface area (Å²) in [6.45, 7) is 5.68. The minimum atomic E-state index is -3.95. The topological polar surface area (TPSA) is 160 Å². The fourth-order valence-electron chi connectivity index (χ4n) is 8.44. The molecule has 8 rings (SSSR count). The van der Waals surface area contributed by atoms with Gasteiger partial charge in [-0.15, -0.1) is 0 Å². The summed E-state index contributed by atoms with van der Waals surface area (Å²) >= 11 is 0. The largest absolute Gasteiger partial charge is 0.483 e. The van der Waals surface area contributed by atoms with Gasteiger partial charge < -0.3 is 20.3 Å².